The summed E-state index contributed by atoms with van der Waals surface area (Å²) < 4.78 is 16.2. The van der Waals surface area contributed by atoms with Crippen LogP contribution in [-0.2, 0) is 14.3 Å². The molecular formula is C23H37N7O7. The number of hydrogen-bond acceptors (Lipinski definition) is 10. The monoisotopic (exact) mass is 523 g/mol. The number of hydroxylamine groups is 2. The van der Waals surface area contributed by atoms with Crippen molar-refractivity contribution in [3.63, 3.8) is 0 Å². The highest BCUT2D eigenvalue weighted by atomic mass is 16.7. The van der Waals surface area contributed by atoms with Gasteiger partial charge in [-0.2, -0.15) is 10.1 Å². The van der Waals surface area contributed by atoms with E-state index in [0.717, 1.165) is 12.8 Å². The van der Waals surface area contributed by atoms with E-state index in [2.05, 4.69) is 32.7 Å². The summed E-state index contributed by atoms with van der Waals surface area (Å²) in [6.07, 6.45) is 1.44. The van der Waals surface area contributed by atoms with Crippen LogP contribution in [0.4, 0.5) is 20.4 Å². The minimum absolute atomic E-state index is 0.0244. The van der Waals surface area contributed by atoms with E-state index in [1.54, 1.807) is 46.4 Å². The standard InChI is InChI=1S/C23H37N7O7/c1-8-9-12-34-30-14-10-11-15(29(13-14)21(30)33)16-27-28-18(35-16)24-17(25-19(31)36-22(2,3)4)26-20(32)37-23(5,6)7/h14-15H,8-13H2,1-7H3,(H2,24,25,26,28,31,32)/t14-,15-/m0/s1. The molecule has 2 aliphatic heterocycles. The Bertz CT molecular complexity index is 980. The van der Waals surface area contributed by atoms with Crippen LogP contribution in [-0.4, -0.2) is 74.7 Å². The fourth-order valence-electron chi connectivity index (χ4n) is 3.75. The number of guanidine groups is 1. The zero-order valence-electron chi connectivity index (χ0n) is 22.5. The quantitative estimate of drug-likeness (QED) is 0.321. The molecular weight excluding hydrogens is 486 g/mol. The summed E-state index contributed by atoms with van der Waals surface area (Å²) in [5.41, 5.74) is -1.57. The number of aromatic nitrogens is 2. The molecule has 2 atom stereocenters. The number of rotatable bonds is 6. The summed E-state index contributed by atoms with van der Waals surface area (Å²) in [5.74, 6) is -0.134. The number of nitrogens with one attached hydrogen (secondary N) is 2. The van der Waals surface area contributed by atoms with Crippen LogP contribution in [0.1, 0.15) is 86.1 Å². The smallest absolute Gasteiger partial charge is 0.414 e. The van der Waals surface area contributed by atoms with Gasteiger partial charge in [-0.1, -0.05) is 18.4 Å². The number of hydrogen-bond donors (Lipinski definition) is 2. The number of piperidine rings is 1. The van der Waals surface area contributed by atoms with Crippen molar-refractivity contribution >= 4 is 30.2 Å². The predicted octanol–water partition coefficient (Wildman–Crippen LogP) is 3.78. The van der Waals surface area contributed by atoms with E-state index in [1.807, 2.05) is 0 Å². The normalized spacial score (nSPS) is 19.5. The lowest BCUT2D eigenvalue weighted by atomic mass is 10.0. The molecule has 3 heterocycles. The Hall–Kier alpha value is -3.42. The predicted molar refractivity (Wildman–Crippen MR) is 131 cm³/mol. The number of carbonyl (C=O) groups is 3. The molecule has 2 saturated heterocycles. The van der Waals surface area contributed by atoms with Crippen molar-refractivity contribution < 1.29 is 33.1 Å². The number of aliphatic imine (C=N–C) groups is 1. The number of amides is 4. The van der Waals surface area contributed by atoms with Crippen LogP contribution in [0.2, 0.25) is 0 Å². The van der Waals surface area contributed by atoms with Gasteiger partial charge in [0.05, 0.1) is 12.6 Å². The maximum absolute atomic E-state index is 12.9. The average Bonchev–Trinajstić information content (AvgIpc) is 3.30. The number of alkyl carbamates (subject to hydrolysis) is 2. The summed E-state index contributed by atoms with van der Waals surface area (Å²) in [5, 5.41) is 14.1. The van der Waals surface area contributed by atoms with Crippen molar-refractivity contribution in [1.82, 2.24) is 30.8 Å². The maximum atomic E-state index is 12.9. The third kappa shape index (κ3) is 8.03. The molecule has 3 rings (SSSR count). The molecule has 14 heteroatoms. The lowest BCUT2D eigenvalue weighted by Gasteiger charge is -2.27. The van der Waals surface area contributed by atoms with Crippen molar-refractivity contribution in [1.29, 1.82) is 0 Å². The van der Waals surface area contributed by atoms with Crippen LogP contribution < -0.4 is 10.6 Å². The second-order valence-electron chi connectivity index (χ2n) is 10.8. The molecule has 1 aromatic rings. The van der Waals surface area contributed by atoms with Gasteiger partial charge in [0.1, 0.15) is 17.2 Å². The van der Waals surface area contributed by atoms with Gasteiger partial charge in [-0.05, 0) is 60.8 Å². The minimum atomic E-state index is -0.855. The Morgan fingerprint density at radius 1 is 1.05 bits per heavy atom. The molecule has 2 N–H and O–H groups in total. The number of ether oxygens (including phenoxy) is 2. The first kappa shape index (κ1) is 28.2. The molecule has 0 radical (unpaired) electrons. The highest BCUT2D eigenvalue weighted by Crippen LogP contribution is 2.38. The largest absolute Gasteiger partial charge is 0.444 e. The van der Waals surface area contributed by atoms with Crippen LogP contribution in [0, 0.1) is 0 Å². The molecule has 14 nitrogen and oxygen atoms in total. The zero-order valence-corrected chi connectivity index (χ0v) is 22.5. The number of fused-ring (bicyclic) bond motifs is 2. The first-order chi connectivity index (χ1) is 17.3. The van der Waals surface area contributed by atoms with Gasteiger partial charge in [0.15, 0.2) is 0 Å². The molecule has 1 aromatic heterocycles. The first-order valence-electron chi connectivity index (χ1n) is 12.4. The summed E-state index contributed by atoms with van der Waals surface area (Å²) in [6.45, 7) is 13.2. The Labute approximate surface area is 216 Å². The summed E-state index contributed by atoms with van der Waals surface area (Å²) in [7, 11) is 0. The number of nitrogens with zero attached hydrogens (tertiary/aromatic N) is 5. The van der Waals surface area contributed by atoms with Crippen LogP contribution in [0.3, 0.4) is 0 Å². The van der Waals surface area contributed by atoms with Crippen molar-refractivity contribution in [2.45, 2.75) is 97.4 Å². The summed E-state index contributed by atoms with van der Waals surface area (Å²) >= 11 is 0. The highest BCUT2D eigenvalue weighted by Gasteiger charge is 2.47. The number of unbranched alkanes of at least 4 members (excludes halogenated alkanes) is 1. The molecule has 37 heavy (non-hydrogen) atoms. The Balaban J connectivity index is 1.75. The molecule has 0 aromatic carbocycles. The first-order valence-corrected chi connectivity index (χ1v) is 12.4. The van der Waals surface area contributed by atoms with Crippen molar-refractivity contribution in [3.05, 3.63) is 5.89 Å². The van der Waals surface area contributed by atoms with Gasteiger partial charge in [0.2, 0.25) is 11.9 Å². The lowest BCUT2D eigenvalue weighted by Crippen LogP contribution is -2.47. The SMILES string of the molecule is CCCCON1C(=O)N2C[C@@H]1CC[C@H]2c1nnc(N=C(NC(=O)OC(C)(C)C)NC(=O)OC(C)(C)C)o1. The van der Waals surface area contributed by atoms with E-state index in [1.165, 1.54) is 5.06 Å². The molecule has 0 aliphatic carbocycles. The summed E-state index contributed by atoms with van der Waals surface area (Å²) in [4.78, 5) is 48.9. The van der Waals surface area contributed by atoms with E-state index < -0.39 is 29.4 Å². The fourth-order valence-corrected chi connectivity index (χ4v) is 3.75. The Morgan fingerprint density at radius 2 is 1.68 bits per heavy atom. The second kappa shape index (κ2) is 11.3. The van der Waals surface area contributed by atoms with E-state index in [4.69, 9.17) is 18.7 Å². The average molecular weight is 524 g/mol. The van der Waals surface area contributed by atoms with Gasteiger partial charge < -0.3 is 18.8 Å². The molecule has 0 saturated carbocycles. The van der Waals surface area contributed by atoms with Crippen LogP contribution in [0.5, 0.6) is 0 Å². The van der Waals surface area contributed by atoms with Crippen LogP contribution in [0.15, 0.2) is 9.41 Å². The molecule has 2 bridgehead atoms. The third-order valence-electron chi connectivity index (χ3n) is 5.21. The molecule has 2 fully saturated rings. The lowest BCUT2D eigenvalue weighted by molar-refractivity contribution is -0.130. The van der Waals surface area contributed by atoms with E-state index in [-0.39, 0.29) is 29.9 Å². The minimum Gasteiger partial charge on any atom is -0.444 e. The molecule has 206 valence electrons. The Kier molecular flexibility index (Phi) is 8.61. The summed E-state index contributed by atoms with van der Waals surface area (Å²) in [6, 6.07) is -0.947. The van der Waals surface area contributed by atoms with E-state index in [9.17, 15) is 14.4 Å². The third-order valence-corrected chi connectivity index (χ3v) is 5.21. The molecule has 4 amide bonds. The topological polar surface area (TPSA) is 161 Å². The molecule has 0 unspecified atom stereocenters. The molecule has 0 spiro atoms. The van der Waals surface area contributed by atoms with E-state index in [0.29, 0.717) is 26.0 Å². The second-order valence-corrected chi connectivity index (χ2v) is 10.8. The van der Waals surface area contributed by atoms with Crippen LogP contribution in [0.25, 0.3) is 0 Å². The van der Waals surface area contributed by atoms with Gasteiger partial charge in [-0.25, -0.2) is 14.4 Å². The van der Waals surface area contributed by atoms with E-state index >= 15 is 0 Å². The number of carbonyl (C=O) groups excluding carboxylic acids is 3. The maximum Gasteiger partial charge on any atom is 0.414 e. The van der Waals surface area contributed by atoms with Gasteiger partial charge in [0.25, 0.3) is 0 Å². The Morgan fingerprint density at radius 3 is 2.24 bits per heavy atom. The number of urea groups is 1. The van der Waals surface area contributed by atoms with Crippen LogP contribution >= 0.6 is 0 Å². The van der Waals surface area contributed by atoms with Crippen molar-refractivity contribution in [2.75, 3.05) is 13.2 Å². The highest BCUT2D eigenvalue weighted by molar-refractivity contribution is 6.02. The van der Waals surface area contributed by atoms with Gasteiger partial charge in [0, 0.05) is 6.54 Å². The van der Waals surface area contributed by atoms with Gasteiger partial charge in [-0.3, -0.25) is 15.5 Å². The zero-order chi connectivity index (χ0) is 27.4. The van der Waals surface area contributed by atoms with Crippen molar-refractivity contribution in [3.8, 4) is 0 Å². The fraction of sp³-hybridized carbons (Fsp3) is 0.739. The van der Waals surface area contributed by atoms with Gasteiger partial charge >= 0.3 is 24.2 Å². The van der Waals surface area contributed by atoms with Gasteiger partial charge in [-0.15, -0.1) is 5.10 Å². The molecule has 2 aliphatic rings. The van der Waals surface area contributed by atoms with Crippen molar-refractivity contribution in [2.24, 2.45) is 4.99 Å².